The third kappa shape index (κ3) is 4.25. The summed E-state index contributed by atoms with van der Waals surface area (Å²) < 4.78 is 10.7. The van der Waals surface area contributed by atoms with Gasteiger partial charge in [-0.1, -0.05) is 18.1 Å². The van der Waals surface area contributed by atoms with Gasteiger partial charge >= 0.3 is 0 Å². The van der Waals surface area contributed by atoms with Crippen LogP contribution in [0.25, 0.3) is 0 Å². The number of hydrogen-bond acceptors (Lipinski definition) is 5. The Kier molecular flexibility index (Phi) is 6.29. The molecule has 1 amide bonds. The van der Waals surface area contributed by atoms with Crippen molar-refractivity contribution >= 4 is 5.91 Å². The van der Waals surface area contributed by atoms with Gasteiger partial charge in [0.05, 0.1) is 20.8 Å². The summed E-state index contributed by atoms with van der Waals surface area (Å²) in [6.45, 7) is 1.57. The smallest absolute Gasteiger partial charge is 0.256 e. The number of aliphatic hydroxyl groups is 1. The molecule has 136 valence electrons. The molecule has 0 spiro atoms. The molecule has 0 aliphatic carbocycles. The number of likely N-dealkylation sites (N-methyl/N-ethyl adjacent to an activating group) is 1. The van der Waals surface area contributed by atoms with Gasteiger partial charge in [0.25, 0.3) is 5.91 Å². The van der Waals surface area contributed by atoms with E-state index in [4.69, 9.17) is 15.9 Å². The standard InChI is InChI=1S/C19H26N2O4/c1-5-11-20(2)14-19(23)10-7-12-21(18(19)22)13-15-8-6-9-16(24-3)17(15)25-4/h1,6,8-9,23H,7,10-14H2,2-4H3/t19-/m0/s1. The molecule has 1 aromatic rings. The molecule has 0 saturated carbocycles. The van der Waals surface area contributed by atoms with E-state index in [1.807, 2.05) is 18.2 Å². The Balaban J connectivity index is 2.18. The SMILES string of the molecule is C#CCN(C)C[C@@]1(O)CCCN(Cc2cccc(OC)c2OC)C1=O. The lowest BCUT2D eigenvalue weighted by Gasteiger charge is -2.40. The number of amides is 1. The fourth-order valence-corrected chi connectivity index (χ4v) is 3.30. The highest BCUT2D eigenvalue weighted by Crippen LogP contribution is 2.33. The van der Waals surface area contributed by atoms with E-state index < -0.39 is 5.60 Å². The van der Waals surface area contributed by atoms with Crippen LogP contribution >= 0.6 is 0 Å². The predicted octanol–water partition coefficient (Wildman–Crippen LogP) is 1.12. The number of benzene rings is 1. The van der Waals surface area contributed by atoms with Crippen molar-refractivity contribution in [3.63, 3.8) is 0 Å². The maximum absolute atomic E-state index is 12.9. The largest absolute Gasteiger partial charge is 0.493 e. The van der Waals surface area contributed by atoms with Gasteiger partial charge in [-0.15, -0.1) is 6.42 Å². The summed E-state index contributed by atoms with van der Waals surface area (Å²) in [7, 11) is 4.95. The summed E-state index contributed by atoms with van der Waals surface area (Å²) in [5.74, 6) is 3.48. The molecule has 1 heterocycles. The molecule has 6 heteroatoms. The van der Waals surface area contributed by atoms with Crippen LogP contribution in [0, 0.1) is 12.3 Å². The van der Waals surface area contributed by atoms with Crippen LogP contribution in [0.15, 0.2) is 18.2 Å². The van der Waals surface area contributed by atoms with Crippen molar-refractivity contribution in [3.8, 4) is 23.8 Å². The number of likely N-dealkylation sites (tertiary alicyclic amines) is 1. The molecule has 1 aromatic carbocycles. The molecule has 1 aliphatic heterocycles. The van der Waals surface area contributed by atoms with Crippen LogP contribution in [0.2, 0.25) is 0 Å². The first-order valence-corrected chi connectivity index (χ1v) is 8.29. The van der Waals surface area contributed by atoms with Gasteiger partial charge in [-0.05, 0) is 26.0 Å². The predicted molar refractivity (Wildman–Crippen MR) is 95.5 cm³/mol. The fourth-order valence-electron chi connectivity index (χ4n) is 3.30. The average molecular weight is 346 g/mol. The van der Waals surface area contributed by atoms with Gasteiger partial charge in [0, 0.05) is 25.2 Å². The summed E-state index contributed by atoms with van der Waals surface area (Å²) in [5.41, 5.74) is -0.563. The van der Waals surface area contributed by atoms with Crippen LogP contribution in [0.5, 0.6) is 11.5 Å². The average Bonchev–Trinajstić information content (AvgIpc) is 2.59. The van der Waals surface area contributed by atoms with Gasteiger partial charge < -0.3 is 19.5 Å². The normalized spacial score (nSPS) is 20.5. The first kappa shape index (κ1) is 19.1. The van der Waals surface area contributed by atoms with E-state index >= 15 is 0 Å². The number of methoxy groups -OCH3 is 2. The quantitative estimate of drug-likeness (QED) is 0.750. The van der Waals surface area contributed by atoms with Gasteiger partial charge in [-0.25, -0.2) is 0 Å². The molecule has 1 atom stereocenters. The number of piperidine rings is 1. The Hall–Kier alpha value is -2.23. The number of rotatable bonds is 7. The zero-order valence-corrected chi connectivity index (χ0v) is 15.1. The molecule has 1 aliphatic rings. The van der Waals surface area contributed by atoms with Crippen molar-refractivity contribution in [2.75, 3.05) is 40.9 Å². The number of carbonyl (C=O) groups is 1. The van der Waals surface area contributed by atoms with Gasteiger partial charge in [-0.3, -0.25) is 9.69 Å². The van der Waals surface area contributed by atoms with Crippen LogP contribution in [0.3, 0.4) is 0 Å². The van der Waals surface area contributed by atoms with E-state index in [2.05, 4.69) is 5.92 Å². The number of terminal acetylenes is 1. The zero-order chi connectivity index (χ0) is 18.4. The topological polar surface area (TPSA) is 62.2 Å². The van der Waals surface area contributed by atoms with Crippen LogP contribution in [-0.4, -0.2) is 67.3 Å². The van der Waals surface area contributed by atoms with Gasteiger partial charge in [0.15, 0.2) is 17.1 Å². The van der Waals surface area contributed by atoms with Crippen molar-refractivity contribution < 1.29 is 19.4 Å². The summed E-state index contributed by atoms with van der Waals surface area (Å²) in [6, 6.07) is 5.57. The van der Waals surface area contributed by atoms with Crippen LogP contribution in [0.4, 0.5) is 0 Å². The minimum atomic E-state index is -1.41. The summed E-state index contributed by atoms with van der Waals surface area (Å²) >= 11 is 0. The lowest BCUT2D eigenvalue weighted by Crippen LogP contribution is -2.57. The van der Waals surface area contributed by atoms with Crippen molar-refractivity contribution in [3.05, 3.63) is 23.8 Å². The van der Waals surface area contributed by atoms with E-state index in [-0.39, 0.29) is 12.5 Å². The Morgan fingerprint density at radius 2 is 2.16 bits per heavy atom. The van der Waals surface area contributed by atoms with E-state index in [9.17, 15) is 9.90 Å². The van der Waals surface area contributed by atoms with E-state index in [1.54, 1.807) is 31.1 Å². The molecule has 0 bridgehead atoms. The van der Waals surface area contributed by atoms with Crippen molar-refractivity contribution in [2.24, 2.45) is 0 Å². The summed E-state index contributed by atoms with van der Waals surface area (Å²) in [6.07, 6.45) is 6.48. The van der Waals surface area contributed by atoms with Crippen molar-refractivity contribution in [1.82, 2.24) is 9.80 Å². The Morgan fingerprint density at radius 3 is 2.80 bits per heavy atom. The van der Waals surface area contributed by atoms with E-state index in [0.29, 0.717) is 37.6 Å². The maximum atomic E-state index is 12.9. The highest BCUT2D eigenvalue weighted by molar-refractivity contribution is 5.86. The van der Waals surface area contributed by atoms with Gasteiger partial charge in [0.2, 0.25) is 0 Å². The molecular weight excluding hydrogens is 320 g/mol. The molecule has 6 nitrogen and oxygen atoms in total. The number of carbonyl (C=O) groups excluding carboxylic acids is 1. The Morgan fingerprint density at radius 1 is 1.40 bits per heavy atom. The lowest BCUT2D eigenvalue weighted by atomic mass is 9.90. The van der Waals surface area contributed by atoms with E-state index in [1.165, 1.54) is 0 Å². The first-order chi connectivity index (χ1) is 11.9. The first-order valence-electron chi connectivity index (χ1n) is 8.29. The van der Waals surface area contributed by atoms with Crippen LogP contribution in [0.1, 0.15) is 18.4 Å². The fraction of sp³-hybridized carbons (Fsp3) is 0.526. The van der Waals surface area contributed by atoms with Crippen molar-refractivity contribution in [1.29, 1.82) is 0 Å². The molecule has 25 heavy (non-hydrogen) atoms. The molecule has 0 radical (unpaired) electrons. The van der Waals surface area contributed by atoms with Crippen LogP contribution < -0.4 is 9.47 Å². The molecule has 0 aromatic heterocycles. The number of hydrogen-bond donors (Lipinski definition) is 1. The van der Waals surface area contributed by atoms with Gasteiger partial charge in [0.1, 0.15) is 0 Å². The van der Waals surface area contributed by atoms with E-state index in [0.717, 1.165) is 12.0 Å². The molecule has 1 N–H and O–H groups in total. The highest BCUT2D eigenvalue weighted by atomic mass is 16.5. The highest BCUT2D eigenvalue weighted by Gasteiger charge is 2.42. The monoisotopic (exact) mass is 346 g/mol. The minimum absolute atomic E-state index is 0.224. The number of ether oxygens (including phenoxy) is 2. The maximum Gasteiger partial charge on any atom is 0.256 e. The second-order valence-electron chi connectivity index (χ2n) is 6.39. The lowest BCUT2D eigenvalue weighted by molar-refractivity contribution is -0.159. The second-order valence-corrected chi connectivity index (χ2v) is 6.39. The Bertz CT molecular complexity index is 655. The third-order valence-electron chi connectivity index (χ3n) is 4.44. The molecular formula is C19H26N2O4. The zero-order valence-electron chi connectivity index (χ0n) is 15.1. The summed E-state index contributed by atoms with van der Waals surface area (Å²) in [5, 5.41) is 10.9. The molecule has 1 saturated heterocycles. The third-order valence-corrected chi connectivity index (χ3v) is 4.44. The number of nitrogens with zero attached hydrogens (tertiary/aromatic N) is 2. The molecule has 2 rings (SSSR count). The minimum Gasteiger partial charge on any atom is -0.493 e. The summed E-state index contributed by atoms with van der Waals surface area (Å²) in [4.78, 5) is 16.3. The Labute approximate surface area is 149 Å². The molecule has 1 fully saturated rings. The van der Waals surface area contributed by atoms with Crippen molar-refractivity contribution in [2.45, 2.75) is 25.0 Å². The van der Waals surface area contributed by atoms with Gasteiger partial charge in [-0.2, -0.15) is 0 Å². The molecule has 0 unspecified atom stereocenters. The number of para-hydroxylation sites is 1. The van der Waals surface area contributed by atoms with Crippen LogP contribution in [-0.2, 0) is 11.3 Å². The second kappa shape index (κ2) is 8.24.